The van der Waals surface area contributed by atoms with E-state index >= 15 is 0 Å². The Morgan fingerprint density at radius 1 is 1.19 bits per heavy atom. The van der Waals surface area contributed by atoms with Crippen molar-refractivity contribution in [1.29, 1.82) is 0 Å². The summed E-state index contributed by atoms with van der Waals surface area (Å²) in [5.74, 6) is -0.598. The lowest BCUT2D eigenvalue weighted by molar-refractivity contribution is 0.0706. The molecule has 1 heterocycles. The van der Waals surface area contributed by atoms with Gasteiger partial charge in [0.05, 0.1) is 13.1 Å². The van der Waals surface area contributed by atoms with Crippen LogP contribution in [0.5, 0.6) is 0 Å². The van der Waals surface area contributed by atoms with Crippen molar-refractivity contribution in [2.45, 2.75) is 26.1 Å². The first kappa shape index (κ1) is 18.8. The number of nitrogens with one attached hydrogen (secondary N) is 1. The van der Waals surface area contributed by atoms with E-state index in [1.54, 1.807) is 34.6 Å². The molecular formula is C20H22FN3O3. The molecule has 0 aliphatic carbocycles. The van der Waals surface area contributed by atoms with Crippen molar-refractivity contribution in [3.8, 4) is 0 Å². The normalized spacial score (nSPS) is 16.3. The van der Waals surface area contributed by atoms with Crippen LogP contribution in [-0.4, -0.2) is 41.3 Å². The fourth-order valence-corrected chi connectivity index (χ4v) is 3.06. The second-order valence-electron chi connectivity index (χ2n) is 6.67. The molecule has 0 radical (unpaired) electrons. The highest BCUT2D eigenvalue weighted by Crippen LogP contribution is 2.23. The summed E-state index contributed by atoms with van der Waals surface area (Å²) in [5, 5.41) is 8.70. The molecular weight excluding hydrogens is 349 g/mol. The Kier molecular flexibility index (Phi) is 5.71. The molecule has 1 saturated heterocycles. The van der Waals surface area contributed by atoms with Crippen molar-refractivity contribution in [3.63, 3.8) is 0 Å². The number of hydrogen-bond donors (Lipinski definition) is 2. The van der Waals surface area contributed by atoms with Gasteiger partial charge in [-0.1, -0.05) is 29.8 Å². The number of hydrogen-bond acceptors (Lipinski definition) is 3. The van der Waals surface area contributed by atoms with Crippen LogP contribution in [0.1, 0.15) is 27.9 Å². The number of carbonyl (C=O) groups is 2. The number of amides is 3. The van der Waals surface area contributed by atoms with E-state index in [9.17, 15) is 14.0 Å². The number of carbonyl (C=O) groups excluding carboxylic acids is 2. The molecule has 142 valence electrons. The van der Waals surface area contributed by atoms with E-state index in [2.05, 4.69) is 0 Å². The van der Waals surface area contributed by atoms with Crippen LogP contribution >= 0.6 is 0 Å². The van der Waals surface area contributed by atoms with Gasteiger partial charge in [0.1, 0.15) is 6.17 Å². The number of urea groups is 1. The highest BCUT2D eigenvalue weighted by molar-refractivity contribution is 5.94. The molecule has 0 spiro atoms. The average molecular weight is 371 g/mol. The van der Waals surface area contributed by atoms with E-state index in [-0.39, 0.29) is 19.1 Å². The predicted molar refractivity (Wildman–Crippen MR) is 99.5 cm³/mol. The van der Waals surface area contributed by atoms with Gasteiger partial charge in [0.25, 0.3) is 5.91 Å². The minimum atomic E-state index is -0.981. The summed E-state index contributed by atoms with van der Waals surface area (Å²) in [4.78, 5) is 27.6. The first-order chi connectivity index (χ1) is 13.0. The second kappa shape index (κ2) is 8.18. The molecule has 2 aromatic rings. The zero-order valence-corrected chi connectivity index (χ0v) is 15.1. The van der Waals surface area contributed by atoms with Gasteiger partial charge in [0.15, 0.2) is 0 Å². The predicted octanol–water partition coefficient (Wildman–Crippen LogP) is 3.28. The topological polar surface area (TPSA) is 72.9 Å². The van der Waals surface area contributed by atoms with Crippen LogP contribution < -0.4 is 10.4 Å². The largest absolute Gasteiger partial charge is 0.324 e. The first-order valence-corrected chi connectivity index (χ1v) is 8.78. The molecule has 0 saturated carbocycles. The van der Waals surface area contributed by atoms with Gasteiger partial charge in [-0.15, -0.1) is 0 Å². The summed E-state index contributed by atoms with van der Waals surface area (Å²) in [7, 11) is 0. The number of benzene rings is 2. The SMILES string of the molecule is Cc1ccc(N(Cc2ccc(C(=O)NO)cc2)C(=O)N2CC[C@H](F)C2)cc1. The Bertz CT molecular complexity index is 808. The summed E-state index contributed by atoms with van der Waals surface area (Å²) < 4.78 is 13.6. The van der Waals surface area contributed by atoms with Gasteiger partial charge in [0.2, 0.25) is 0 Å². The number of halogens is 1. The molecule has 0 bridgehead atoms. The molecule has 3 amide bonds. The fourth-order valence-electron chi connectivity index (χ4n) is 3.06. The van der Waals surface area contributed by atoms with Gasteiger partial charge in [-0.3, -0.25) is 14.9 Å². The number of hydroxylamine groups is 1. The van der Waals surface area contributed by atoms with E-state index in [0.717, 1.165) is 16.8 Å². The van der Waals surface area contributed by atoms with Crippen LogP contribution in [0.25, 0.3) is 0 Å². The molecule has 0 unspecified atom stereocenters. The Hall–Kier alpha value is -2.93. The molecule has 1 fully saturated rings. The van der Waals surface area contributed by atoms with Crippen molar-refractivity contribution in [2.75, 3.05) is 18.0 Å². The lowest BCUT2D eigenvalue weighted by Crippen LogP contribution is -2.42. The maximum atomic E-state index is 13.6. The van der Waals surface area contributed by atoms with E-state index < -0.39 is 12.1 Å². The minimum Gasteiger partial charge on any atom is -0.321 e. The molecule has 0 aromatic heterocycles. The molecule has 27 heavy (non-hydrogen) atoms. The Balaban J connectivity index is 1.84. The van der Waals surface area contributed by atoms with Gasteiger partial charge in [0, 0.05) is 17.8 Å². The summed E-state index contributed by atoms with van der Waals surface area (Å²) in [6, 6.07) is 13.9. The number of rotatable bonds is 4. The van der Waals surface area contributed by atoms with Crippen LogP contribution in [-0.2, 0) is 6.54 Å². The smallest absolute Gasteiger partial charge is 0.321 e. The van der Waals surface area contributed by atoms with Gasteiger partial charge >= 0.3 is 6.03 Å². The van der Waals surface area contributed by atoms with E-state index in [0.29, 0.717) is 18.5 Å². The van der Waals surface area contributed by atoms with Gasteiger partial charge < -0.3 is 4.90 Å². The quantitative estimate of drug-likeness (QED) is 0.640. The van der Waals surface area contributed by atoms with Crippen molar-refractivity contribution in [3.05, 3.63) is 65.2 Å². The Morgan fingerprint density at radius 3 is 2.41 bits per heavy atom. The standard InChI is InChI=1S/C20H22FN3O3/c1-14-2-8-18(9-3-14)24(20(26)23-11-10-17(21)13-23)12-15-4-6-16(7-5-15)19(25)22-27/h2-9,17,27H,10-13H2,1H3,(H,22,25)/t17-/m0/s1. The third-order valence-corrected chi connectivity index (χ3v) is 4.64. The first-order valence-electron chi connectivity index (χ1n) is 8.78. The molecule has 6 nitrogen and oxygen atoms in total. The molecule has 2 aromatic carbocycles. The Morgan fingerprint density at radius 2 is 1.85 bits per heavy atom. The molecule has 2 N–H and O–H groups in total. The molecule has 1 aliphatic rings. The van der Waals surface area contributed by atoms with Gasteiger partial charge in [-0.2, -0.15) is 0 Å². The highest BCUT2D eigenvalue weighted by Gasteiger charge is 2.30. The number of aryl methyl sites for hydroxylation is 1. The van der Waals surface area contributed by atoms with Gasteiger partial charge in [-0.25, -0.2) is 14.7 Å². The maximum Gasteiger partial charge on any atom is 0.324 e. The third-order valence-electron chi connectivity index (χ3n) is 4.64. The number of nitrogens with zero attached hydrogens (tertiary/aromatic N) is 2. The molecule has 7 heteroatoms. The Labute approximate surface area is 157 Å². The van der Waals surface area contributed by atoms with Crippen molar-refractivity contribution in [1.82, 2.24) is 10.4 Å². The van der Waals surface area contributed by atoms with Crippen molar-refractivity contribution >= 4 is 17.6 Å². The molecule has 1 aliphatic heterocycles. The lowest BCUT2D eigenvalue weighted by Gasteiger charge is -2.28. The van der Waals surface area contributed by atoms with Crippen LogP contribution in [0.2, 0.25) is 0 Å². The zero-order valence-electron chi connectivity index (χ0n) is 15.1. The number of likely N-dealkylation sites (tertiary alicyclic amines) is 1. The van der Waals surface area contributed by atoms with E-state index in [4.69, 9.17) is 5.21 Å². The molecule has 3 rings (SSSR count). The van der Waals surface area contributed by atoms with Crippen LogP contribution in [0.4, 0.5) is 14.9 Å². The highest BCUT2D eigenvalue weighted by atomic mass is 19.1. The minimum absolute atomic E-state index is 0.108. The zero-order chi connectivity index (χ0) is 19.4. The van der Waals surface area contributed by atoms with Crippen molar-refractivity contribution in [2.24, 2.45) is 0 Å². The number of anilines is 1. The molecule has 1 atom stereocenters. The van der Waals surface area contributed by atoms with Crippen LogP contribution in [0, 0.1) is 6.92 Å². The summed E-state index contributed by atoms with van der Waals surface area (Å²) in [5.41, 5.74) is 4.52. The average Bonchev–Trinajstić information content (AvgIpc) is 3.12. The van der Waals surface area contributed by atoms with Crippen LogP contribution in [0.15, 0.2) is 48.5 Å². The van der Waals surface area contributed by atoms with Crippen LogP contribution in [0.3, 0.4) is 0 Å². The number of alkyl halides is 1. The second-order valence-corrected chi connectivity index (χ2v) is 6.67. The maximum absolute atomic E-state index is 13.6. The monoisotopic (exact) mass is 371 g/mol. The van der Waals surface area contributed by atoms with E-state index in [1.807, 2.05) is 31.2 Å². The lowest BCUT2D eigenvalue weighted by atomic mass is 10.1. The van der Waals surface area contributed by atoms with Crippen molar-refractivity contribution < 1.29 is 19.2 Å². The third kappa shape index (κ3) is 4.43. The fraction of sp³-hybridized carbons (Fsp3) is 0.300. The van der Waals surface area contributed by atoms with E-state index in [1.165, 1.54) is 4.90 Å². The summed E-state index contributed by atoms with van der Waals surface area (Å²) in [6.45, 7) is 2.76. The summed E-state index contributed by atoms with van der Waals surface area (Å²) in [6.07, 6.45) is -0.622. The summed E-state index contributed by atoms with van der Waals surface area (Å²) >= 11 is 0. The van der Waals surface area contributed by atoms with Gasteiger partial charge in [-0.05, 0) is 43.2 Å².